The van der Waals surface area contributed by atoms with Crippen LogP contribution in [0.2, 0.25) is 0 Å². The van der Waals surface area contributed by atoms with Gasteiger partial charge in [0.1, 0.15) is 0 Å². The Hall–Kier alpha value is -4.70. The highest BCUT2D eigenvalue weighted by Gasteiger charge is 2.37. The van der Waals surface area contributed by atoms with Crippen LogP contribution in [0, 0.1) is 0 Å². The van der Waals surface area contributed by atoms with E-state index in [0.717, 1.165) is 44.4 Å². The Morgan fingerprint density at radius 3 is 2.35 bits per heavy atom. The summed E-state index contributed by atoms with van der Waals surface area (Å²) in [6, 6.07) is 29.3. The lowest BCUT2D eigenvalue weighted by atomic mass is 9.82. The first kappa shape index (κ1) is 20.5. The van der Waals surface area contributed by atoms with Crippen molar-refractivity contribution in [2.24, 2.45) is 0 Å². The second-order valence-corrected chi connectivity index (χ2v) is 10.3. The van der Waals surface area contributed by atoms with Crippen molar-refractivity contribution in [1.29, 1.82) is 0 Å². The monoisotopic (exact) mass is 478 g/mol. The molecule has 4 aromatic carbocycles. The predicted molar refractivity (Wildman–Crippen MR) is 147 cm³/mol. The molecule has 8 rings (SSSR count). The molecular weight excluding hydrogens is 456 g/mol. The molecule has 0 bridgehead atoms. The molecule has 4 heteroatoms. The fourth-order valence-electron chi connectivity index (χ4n) is 5.91. The van der Waals surface area contributed by atoms with Crippen molar-refractivity contribution in [3.8, 4) is 45.3 Å². The van der Waals surface area contributed by atoms with Crippen LogP contribution in [-0.4, -0.2) is 9.97 Å². The average molecular weight is 479 g/mol. The Labute approximate surface area is 214 Å². The Kier molecular flexibility index (Phi) is 3.97. The Bertz CT molecular complexity index is 1920. The number of hydrogen-bond donors (Lipinski definition) is 0. The predicted octanol–water partition coefficient (Wildman–Crippen LogP) is 8.65. The van der Waals surface area contributed by atoms with Gasteiger partial charge in [0, 0.05) is 39.7 Å². The van der Waals surface area contributed by atoms with E-state index in [2.05, 4.69) is 85.6 Å². The number of pyridine rings is 2. The van der Waals surface area contributed by atoms with Crippen molar-refractivity contribution < 1.29 is 9.47 Å². The van der Waals surface area contributed by atoms with Crippen LogP contribution < -0.4 is 9.47 Å². The van der Waals surface area contributed by atoms with Gasteiger partial charge >= 0.3 is 0 Å². The summed E-state index contributed by atoms with van der Waals surface area (Å²) < 4.78 is 13.0. The van der Waals surface area contributed by atoms with Crippen molar-refractivity contribution >= 4 is 21.8 Å². The van der Waals surface area contributed by atoms with Crippen molar-refractivity contribution in [2.45, 2.75) is 19.3 Å². The normalized spacial score (nSPS) is 14.3. The maximum atomic E-state index is 6.60. The summed E-state index contributed by atoms with van der Waals surface area (Å²) in [6.45, 7) is 4.54. The number of para-hydroxylation sites is 1. The quantitative estimate of drug-likeness (QED) is 0.221. The molecule has 1 aliphatic heterocycles. The molecule has 0 atom stereocenters. The lowest BCUT2D eigenvalue weighted by molar-refractivity contribution is 0.360. The second kappa shape index (κ2) is 7.17. The molecule has 0 saturated heterocycles. The third-order valence-electron chi connectivity index (χ3n) is 7.79. The van der Waals surface area contributed by atoms with Crippen molar-refractivity contribution in [3.05, 3.63) is 108 Å². The molecule has 0 N–H and O–H groups in total. The molecule has 2 aromatic heterocycles. The zero-order chi connectivity index (χ0) is 24.7. The van der Waals surface area contributed by atoms with Crippen LogP contribution in [0.15, 0.2) is 97.3 Å². The smallest absolute Gasteiger partial charge is 0.178 e. The van der Waals surface area contributed by atoms with Gasteiger partial charge in [-0.05, 0) is 52.6 Å². The van der Waals surface area contributed by atoms with Crippen molar-refractivity contribution in [2.75, 3.05) is 0 Å². The molecule has 0 fully saturated rings. The largest absolute Gasteiger partial charge is 0.449 e. The zero-order valence-electron chi connectivity index (χ0n) is 20.4. The highest BCUT2D eigenvalue weighted by molar-refractivity contribution is 6.03. The summed E-state index contributed by atoms with van der Waals surface area (Å²) >= 11 is 0. The van der Waals surface area contributed by atoms with E-state index >= 15 is 0 Å². The molecule has 0 unspecified atom stereocenters. The highest BCUT2D eigenvalue weighted by Crippen LogP contribution is 2.56. The van der Waals surface area contributed by atoms with E-state index in [1.807, 2.05) is 30.6 Å². The Morgan fingerprint density at radius 2 is 1.41 bits per heavy atom. The summed E-state index contributed by atoms with van der Waals surface area (Å²) in [4.78, 5) is 9.36. The number of hydrogen-bond acceptors (Lipinski definition) is 4. The van der Waals surface area contributed by atoms with Gasteiger partial charge in [-0.1, -0.05) is 68.4 Å². The van der Waals surface area contributed by atoms with Gasteiger partial charge in [0.25, 0.3) is 0 Å². The summed E-state index contributed by atoms with van der Waals surface area (Å²) in [5.74, 6) is 2.90. The number of aromatic nitrogens is 2. The lowest BCUT2D eigenvalue weighted by Crippen LogP contribution is -2.15. The SMILES string of the molecule is CC1(C)c2ccccc2-c2cc3c(cc21)Oc1c(cccc1-c1cnc2c(ccc4cccnc42)c1)O3. The molecule has 37 heavy (non-hydrogen) atoms. The molecule has 0 spiro atoms. The number of benzene rings is 4. The van der Waals surface area contributed by atoms with Crippen LogP contribution in [0.4, 0.5) is 0 Å². The van der Waals surface area contributed by atoms with Gasteiger partial charge in [0.05, 0.1) is 11.0 Å². The highest BCUT2D eigenvalue weighted by atomic mass is 16.6. The maximum absolute atomic E-state index is 6.60. The zero-order valence-corrected chi connectivity index (χ0v) is 20.4. The first-order valence-corrected chi connectivity index (χ1v) is 12.5. The van der Waals surface area contributed by atoms with Crippen LogP contribution in [-0.2, 0) is 5.41 Å². The summed E-state index contributed by atoms with van der Waals surface area (Å²) in [5, 5.41) is 2.12. The van der Waals surface area contributed by atoms with E-state index in [1.54, 1.807) is 0 Å². The third-order valence-corrected chi connectivity index (χ3v) is 7.79. The van der Waals surface area contributed by atoms with Crippen molar-refractivity contribution in [3.63, 3.8) is 0 Å². The minimum atomic E-state index is -0.108. The van der Waals surface area contributed by atoms with Crippen LogP contribution in [0.3, 0.4) is 0 Å². The van der Waals surface area contributed by atoms with Crippen LogP contribution in [0.5, 0.6) is 23.0 Å². The molecule has 2 aliphatic rings. The van der Waals surface area contributed by atoms with Gasteiger partial charge in [-0.2, -0.15) is 0 Å². The lowest BCUT2D eigenvalue weighted by Gasteiger charge is -2.26. The average Bonchev–Trinajstić information content (AvgIpc) is 3.16. The van der Waals surface area contributed by atoms with E-state index in [1.165, 1.54) is 22.3 Å². The van der Waals surface area contributed by atoms with E-state index in [4.69, 9.17) is 14.5 Å². The summed E-state index contributed by atoms with van der Waals surface area (Å²) in [7, 11) is 0. The third kappa shape index (κ3) is 2.84. The molecular formula is C33H22N2O2. The van der Waals surface area contributed by atoms with E-state index in [-0.39, 0.29) is 5.41 Å². The topological polar surface area (TPSA) is 44.2 Å². The molecule has 1 aliphatic carbocycles. The molecule has 6 aromatic rings. The molecule has 0 saturated carbocycles. The standard InChI is InChI=1S/C33H22N2O2/c1-33(2)25-10-4-3-8-23(25)24-16-28-29(17-26(24)33)37-32-22(9-5-11-27(32)36-28)21-15-20-13-12-19-7-6-14-34-30(19)31(20)35-18-21/h3-18H,1-2H3. The maximum Gasteiger partial charge on any atom is 0.178 e. The summed E-state index contributed by atoms with van der Waals surface area (Å²) in [6.07, 6.45) is 3.71. The Morgan fingerprint density at radius 1 is 0.595 bits per heavy atom. The van der Waals surface area contributed by atoms with Gasteiger partial charge in [0.2, 0.25) is 0 Å². The molecule has 176 valence electrons. The van der Waals surface area contributed by atoms with Gasteiger partial charge in [0.15, 0.2) is 23.0 Å². The summed E-state index contributed by atoms with van der Waals surface area (Å²) in [5.41, 5.74) is 8.67. The van der Waals surface area contributed by atoms with E-state index in [9.17, 15) is 0 Å². The van der Waals surface area contributed by atoms with Crippen LogP contribution in [0.1, 0.15) is 25.0 Å². The van der Waals surface area contributed by atoms with Crippen molar-refractivity contribution in [1.82, 2.24) is 9.97 Å². The molecule has 3 heterocycles. The fraction of sp³-hybridized carbons (Fsp3) is 0.0909. The van der Waals surface area contributed by atoms with Gasteiger partial charge in [-0.3, -0.25) is 9.97 Å². The number of nitrogens with zero attached hydrogens (tertiary/aromatic N) is 2. The van der Waals surface area contributed by atoms with E-state index in [0.29, 0.717) is 11.5 Å². The van der Waals surface area contributed by atoms with Crippen LogP contribution in [0.25, 0.3) is 44.1 Å². The molecule has 0 amide bonds. The first-order valence-electron chi connectivity index (χ1n) is 12.5. The second-order valence-electron chi connectivity index (χ2n) is 10.3. The molecule has 4 nitrogen and oxygen atoms in total. The fourth-order valence-corrected chi connectivity index (χ4v) is 5.91. The van der Waals surface area contributed by atoms with Gasteiger partial charge < -0.3 is 9.47 Å². The first-order chi connectivity index (χ1) is 18.1. The van der Waals surface area contributed by atoms with Gasteiger partial charge in [-0.25, -0.2) is 0 Å². The van der Waals surface area contributed by atoms with Gasteiger partial charge in [-0.15, -0.1) is 0 Å². The Balaban J connectivity index is 1.25. The minimum absolute atomic E-state index is 0.108. The minimum Gasteiger partial charge on any atom is -0.449 e. The molecule has 0 radical (unpaired) electrons. The van der Waals surface area contributed by atoms with E-state index < -0.39 is 0 Å². The number of rotatable bonds is 1. The number of ether oxygens (including phenoxy) is 2. The van der Waals surface area contributed by atoms with Crippen LogP contribution >= 0.6 is 0 Å². The number of fused-ring (bicyclic) bond motifs is 8.